The minimum Gasteiger partial charge on any atom is -0.394 e. The van der Waals surface area contributed by atoms with Gasteiger partial charge in [-0.3, -0.25) is 4.57 Å². The lowest BCUT2D eigenvalue weighted by molar-refractivity contribution is -0.142. The number of ether oxygens (including phenoxy) is 1. The molecule has 0 aromatic heterocycles. The van der Waals surface area contributed by atoms with Crippen LogP contribution >= 0.6 is 7.60 Å². The standard InChI is InChI=1S/C7H14FO8P/c8-6(17(13,14)15)7(2-10)5(12)4(11)3(1-9)16-7/h3-6,9-12H,1-2H2,(H2,13,14,15)/t3-,4-,5+,6?,7-/m1/s1. The Hall–Kier alpha value is -0.120. The molecule has 102 valence electrons. The highest BCUT2D eigenvalue weighted by Crippen LogP contribution is 2.52. The number of aliphatic hydroxyl groups excluding tert-OH is 4. The van der Waals surface area contributed by atoms with Crippen molar-refractivity contribution in [3.8, 4) is 0 Å². The number of aliphatic hydroxyl groups is 4. The molecule has 0 bridgehead atoms. The topological polar surface area (TPSA) is 148 Å². The first kappa shape index (κ1) is 14.9. The SMILES string of the molecule is O=P(O)(O)C(F)[C@]1(CO)O[C@H](CO)[C@@H](O)[C@@H]1O. The Morgan fingerprint density at radius 2 is 1.88 bits per heavy atom. The van der Waals surface area contributed by atoms with Gasteiger partial charge in [0.1, 0.15) is 18.3 Å². The Morgan fingerprint density at radius 1 is 1.35 bits per heavy atom. The van der Waals surface area contributed by atoms with E-state index in [2.05, 4.69) is 0 Å². The molecule has 0 aromatic rings. The molecule has 1 unspecified atom stereocenters. The Morgan fingerprint density at radius 3 is 2.18 bits per heavy atom. The van der Waals surface area contributed by atoms with E-state index >= 15 is 0 Å². The van der Waals surface area contributed by atoms with Crippen molar-refractivity contribution in [2.45, 2.75) is 29.8 Å². The Kier molecular flexibility index (Phi) is 4.28. The van der Waals surface area contributed by atoms with Crippen LogP contribution in [0.2, 0.25) is 0 Å². The van der Waals surface area contributed by atoms with Gasteiger partial charge in [0, 0.05) is 0 Å². The first-order chi connectivity index (χ1) is 7.70. The maximum Gasteiger partial charge on any atom is 0.362 e. The highest BCUT2D eigenvalue weighted by Gasteiger charge is 2.63. The van der Waals surface area contributed by atoms with Gasteiger partial charge in [-0.2, -0.15) is 0 Å². The zero-order chi connectivity index (χ0) is 13.4. The average Bonchev–Trinajstić information content (AvgIpc) is 2.51. The largest absolute Gasteiger partial charge is 0.394 e. The molecule has 1 heterocycles. The smallest absolute Gasteiger partial charge is 0.362 e. The molecule has 0 radical (unpaired) electrons. The third kappa shape index (κ3) is 2.38. The van der Waals surface area contributed by atoms with Crippen molar-refractivity contribution >= 4 is 7.60 Å². The van der Waals surface area contributed by atoms with Gasteiger partial charge in [0.15, 0.2) is 5.60 Å². The summed E-state index contributed by atoms with van der Waals surface area (Å²) in [4.78, 5) is 17.4. The van der Waals surface area contributed by atoms with Gasteiger partial charge in [0.25, 0.3) is 0 Å². The second-order valence-electron chi connectivity index (χ2n) is 3.81. The number of hydrogen-bond acceptors (Lipinski definition) is 6. The van der Waals surface area contributed by atoms with Crippen molar-refractivity contribution in [3.05, 3.63) is 0 Å². The molecule has 10 heteroatoms. The molecular weight excluding hydrogens is 262 g/mol. The molecule has 6 N–H and O–H groups in total. The highest BCUT2D eigenvalue weighted by molar-refractivity contribution is 7.52. The molecule has 0 amide bonds. The fourth-order valence-electron chi connectivity index (χ4n) is 1.75. The third-order valence-electron chi connectivity index (χ3n) is 2.70. The summed E-state index contributed by atoms with van der Waals surface area (Å²) in [5, 5.41) is 36.6. The second-order valence-corrected chi connectivity index (χ2v) is 5.44. The lowest BCUT2D eigenvalue weighted by Gasteiger charge is -2.33. The second kappa shape index (κ2) is 4.87. The molecule has 1 fully saturated rings. The van der Waals surface area contributed by atoms with Gasteiger partial charge in [-0.15, -0.1) is 0 Å². The van der Waals surface area contributed by atoms with E-state index in [4.69, 9.17) is 24.7 Å². The lowest BCUT2D eigenvalue weighted by Crippen LogP contribution is -2.53. The van der Waals surface area contributed by atoms with Gasteiger partial charge in [-0.05, 0) is 0 Å². The van der Waals surface area contributed by atoms with E-state index in [9.17, 15) is 19.2 Å². The van der Waals surface area contributed by atoms with Crippen LogP contribution in [-0.4, -0.2) is 73.3 Å². The van der Waals surface area contributed by atoms with Crippen LogP contribution in [0.15, 0.2) is 0 Å². The molecule has 0 saturated carbocycles. The average molecular weight is 276 g/mol. The van der Waals surface area contributed by atoms with Crippen LogP contribution in [0.25, 0.3) is 0 Å². The predicted octanol–water partition coefficient (Wildman–Crippen LogP) is -2.70. The third-order valence-corrected chi connectivity index (χ3v) is 3.73. The quantitative estimate of drug-likeness (QED) is 0.304. The van der Waals surface area contributed by atoms with Gasteiger partial charge >= 0.3 is 7.60 Å². The van der Waals surface area contributed by atoms with E-state index in [0.717, 1.165) is 0 Å². The Labute approximate surface area is 95.4 Å². The van der Waals surface area contributed by atoms with Crippen molar-refractivity contribution in [3.63, 3.8) is 0 Å². The molecule has 0 spiro atoms. The summed E-state index contributed by atoms with van der Waals surface area (Å²) in [6, 6.07) is 0. The Balaban J connectivity index is 3.09. The lowest BCUT2D eigenvalue weighted by atomic mass is 9.96. The summed E-state index contributed by atoms with van der Waals surface area (Å²) in [6.07, 6.45) is -5.24. The maximum absolute atomic E-state index is 13.6. The number of alkyl halides is 1. The van der Waals surface area contributed by atoms with Crippen LogP contribution in [0.3, 0.4) is 0 Å². The van der Waals surface area contributed by atoms with Crippen LogP contribution in [0.4, 0.5) is 4.39 Å². The van der Waals surface area contributed by atoms with Gasteiger partial charge in [-0.1, -0.05) is 0 Å². The Bertz CT molecular complexity index is 321. The summed E-state index contributed by atoms with van der Waals surface area (Å²) in [6.45, 7) is -2.05. The molecule has 1 saturated heterocycles. The predicted molar refractivity (Wildman–Crippen MR) is 50.7 cm³/mol. The first-order valence-electron chi connectivity index (χ1n) is 4.65. The molecule has 17 heavy (non-hydrogen) atoms. The van der Waals surface area contributed by atoms with Crippen molar-refractivity contribution in [1.82, 2.24) is 0 Å². The first-order valence-corrected chi connectivity index (χ1v) is 6.34. The van der Waals surface area contributed by atoms with E-state index in [1.54, 1.807) is 0 Å². The molecule has 0 aromatic carbocycles. The molecule has 1 rings (SSSR count). The van der Waals surface area contributed by atoms with E-state index < -0.39 is 50.6 Å². The summed E-state index contributed by atoms with van der Waals surface area (Å²) in [5.74, 6) is -3.01. The van der Waals surface area contributed by atoms with Gasteiger partial charge < -0.3 is 34.9 Å². The monoisotopic (exact) mass is 276 g/mol. The molecule has 0 aliphatic carbocycles. The fourth-order valence-corrected chi connectivity index (χ4v) is 2.61. The summed E-state index contributed by atoms with van der Waals surface area (Å²) in [7, 11) is -5.29. The molecule has 8 nitrogen and oxygen atoms in total. The minimum absolute atomic E-state index is 0.798. The van der Waals surface area contributed by atoms with Crippen LogP contribution in [0.1, 0.15) is 0 Å². The summed E-state index contributed by atoms with van der Waals surface area (Å²) in [5.41, 5.74) is -2.65. The fraction of sp³-hybridized carbons (Fsp3) is 1.00. The highest BCUT2D eigenvalue weighted by atomic mass is 31.2. The number of rotatable bonds is 4. The number of halogens is 1. The van der Waals surface area contributed by atoms with Crippen LogP contribution in [0, 0.1) is 0 Å². The molecule has 1 aliphatic rings. The van der Waals surface area contributed by atoms with Gasteiger partial charge in [0.05, 0.1) is 13.2 Å². The maximum atomic E-state index is 13.6. The van der Waals surface area contributed by atoms with Crippen LogP contribution in [0.5, 0.6) is 0 Å². The number of hydrogen-bond donors (Lipinski definition) is 6. The van der Waals surface area contributed by atoms with E-state index in [0.29, 0.717) is 0 Å². The van der Waals surface area contributed by atoms with Gasteiger partial charge in [0.2, 0.25) is 5.91 Å². The van der Waals surface area contributed by atoms with Crippen molar-refractivity contribution in [1.29, 1.82) is 0 Å². The van der Waals surface area contributed by atoms with Crippen LogP contribution in [-0.2, 0) is 9.30 Å². The van der Waals surface area contributed by atoms with Gasteiger partial charge in [-0.25, -0.2) is 4.39 Å². The normalized spacial score (nSPS) is 40.5. The molecule has 5 atom stereocenters. The van der Waals surface area contributed by atoms with E-state index in [-0.39, 0.29) is 0 Å². The van der Waals surface area contributed by atoms with Crippen molar-refractivity contribution in [2.24, 2.45) is 0 Å². The zero-order valence-electron chi connectivity index (χ0n) is 8.55. The van der Waals surface area contributed by atoms with E-state index in [1.807, 2.05) is 0 Å². The van der Waals surface area contributed by atoms with Crippen molar-refractivity contribution in [2.75, 3.05) is 13.2 Å². The summed E-state index contributed by atoms with van der Waals surface area (Å²) >= 11 is 0. The molecule has 1 aliphatic heterocycles. The van der Waals surface area contributed by atoms with Crippen molar-refractivity contribution < 1.29 is 43.9 Å². The summed E-state index contributed by atoms with van der Waals surface area (Å²) < 4.78 is 29.1. The van der Waals surface area contributed by atoms with Crippen LogP contribution < -0.4 is 0 Å². The van der Waals surface area contributed by atoms with E-state index in [1.165, 1.54) is 0 Å². The zero-order valence-corrected chi connectivity index (χ0v) is 9.44. The molecular formula is C7H14FO8P. The minimum atomic E-state index is -5.29.